The Balaban J connectivity index is 2.18. The average molecular weight is 341 g/mol. The maximum Gasteiger partial charge on any atom is 0.0589 e. The minimum Gasteiger partial charge on any atom is -0.383 e. The second-order valence-electron chi connectivity index (χ2n) is 7.98. The van der Waals surface area contributed by atoms with Crippen molar-refractivity contribution in [2.45, 2.75) is 52.2 Å². The van der Waals surface area contributed by atoms with E-state index in [1.807, 2.05) is 0 Å². The Morgan fingerprint density at radius 2 is 1.62 bits per heavy atom. The molecule has 2 saturated heterocycles. The molecule has 0 radical (unpaired) electrons. The fourth-order valence-corrected chi connectivity index (χ4v) is 4.84. The Labute approximate surface area is 149 Å². The van der Waals surface area contributed by atoms with Crippen LogP contribution in [0.5, 0.6) is 0 Å². The highest BCUT2D eigenvalue weighted by Crippen LogP contribution is 2.29. The number of methoxy groups -OCH3 is 1. The molecule has 0 amide bonds. The van der Waals surface area contributed by atoms with E-state index in [1.54, 1.807) is 7.11 Å². The molecule has 0 aromatic rings. The quantitative estimate of drug-likeness (QED) is 0.698. The van der Waals surface area contributed by atoms with E-state index in [1.165, 1.54) is 32.7 Å². The van der Waals surface area contributed by atoms with Crippen molar-refractivity contribution < 1.29 is 4.74 Å². The Morgan fingerprint density at radius 1 is 0.917 bits per heavy atom. The van der Waals surface area contributed by atoms with Gasteiger partial charge in [-0.3, -0.25) is 14.7 Å². The van der Waals surface area contributed by atoms with Crippen LogP contribution in [0.2, 0.25) is 0 Å². The largest absolute Gasteiger partial charge is 0.383 e. The van der Waals surface area contributed by atoms with Crippen LogP contribution in [-0.2, 0) is 4.74 Å². The topological polar surface area (TPSA) is 22.2 Å². The van der Waals surface area contributed by atoms with E-state index in [2.05, 4.69) is 54.2 Å². The third kappa shape index (κ3) is 4.50. The van der Waals surface area contributed by atoms with Gasteiger partial charge in [0.25, 0.3) is 0 Å². The first-order valence-electron chi connectivity index (χ1n) is 9.91. The first kappa shape index (κ1) is 20.1. The van der Waals surface area contributed by atoms with Gasteiger partial charge >= 0.3 is 0 Å². The van der Waals surface area contributed by atoms with Gasteiger partial charge in [0.1, 0.15) is 0 Å². The Bertz CT molecular complexity index is 376. The van der Waals surface area contributed by atoms with Gasteiger partial charge in [0, 0.05) is 64.0 Å². The zero-order chi connectivity index (χ0) is 17.7. The van der Waals surface area contributed by atoms with Crippen molar-refractivity contribution in [2.24, 2.45) is 0 Å². The van der Waals surface area contributed by atoms with Crippen LogP contribution in [-0.4, -0.2) is 110 Å². The van der Waals surface area contributed by atoms with Crippen LogP contribution in [0, 0.1) is 0 Å². The number of hydrogen-bond acceptors (Lipinski definition) is 5. The Hall–Kier alpha value is -0.200. The van der Waals surface area contributed by atoms with Gasteiger partial charge in [0.15, 0.2) is 0 Å². The van der Waals surface area contributed by atoms with Gasteiger partial charge in [-0.05, 0) is 33.5 Å². The maximum absolute atomic E-state index is 5.31. The number of rotatable bonds is 7. The molecule has 24 heavy (non-hydrogen) atoms. The Kier molecular flexibility index (Phi) is 7.50. The minimum absolute atomic E-state index is 0.252. The lowest BCUT2D eigenvalue weighted by molar-refractivity contribution is -0.0726. The van der Waals surface area contributed by atoms with Gasteiger partial charge in [-0.2, -0.15) is 0 Å². The average Bonchev–Trinajstić information content (AvgIpc) is 2.58. The van der Waals surface area contributed by atoms with E-state index in [9.17, 15) is 0 Å². The molecule has 0 aliphatic carbocycles. The molecule has 2 rings (SSSR count). The normalized spacial score (nSPS) is 30.8. The summed E-state index contributed by atoms with van der Waals surface area (Å²) in [5, 5.41) is 0. The first-order valence-corrected chi connectivity index (χ1v) is 9.91. The van der Waals surface area contributed by atoms with Crippen LogP contribution in [0.15, 0.2) is 0 Å². The summed E-state index contributed by atoms with van der Waals surface area (Å²) in [7, 11) is 1.81. The molecule has 0 saturated carbocycles. The van der Waals surface area contributed by atoms with Crippen molar-refractivity contribution in [1.29, 1.82) is 0 Å². The summed E-state index contributed by atoms with van der Waals surface area (Å²) in [6, 6.07) is 1.23. The number of ether oxygens (including phenoxy) is 1. The maximum atomic E-state index is 5.31. The van der Waals surface area contributed by atoms with E-state index >= 15 is 0 Å². The van der Waals surface area contributed by atoms with E-state index in [4.69, 9.17) is 4.74 Å². The van der Waals surface area contributed by atoms with Crippen molar-refractivity contribution >= 4 is 0 Å². The molecule has 5 heteroatoms. The molecule has 0 spiro atoms. The third-order valence-corrected chi connectivity index (χ3v) is 6.10. The summed E-state index contributed by atoms with van der Waals surface area (Å²) >= 11 is 0. The number of piperazine rings is 2. The predicted molar refractivity (Wildman–Crippen MR) is 102 cm³/mol. The van der Waals surface area contributed by atoms with Crippen LogP contribution in [0.1, 0.15) is 34.6 Å². The molecular weight excluding hydrogens is 300 g/mol. The van der Waals surface area contributed by atoms with Crippen molar-refractivity contribution in [1.82, 2.24) is 19.6 Å². The Morgan fingerprint density at radius 3 is 2.21 bits per heavy atom. The fourth-order valence-electron chi connectivity index (χ4n) is 4.84. The molecule has 2 aliphatic rings. The lowest BCUT2D eigenvalue weighted by Gasteiger charge is -2.56. The van der Waals surface area contributed by atoms with Crippen LogP contribution < -0.4 is 0 Å². The molecular formula is C19H40N4O. The van der Waals surface area contributed by atoms with Crippen molar-refractivity contribution in [3.05, 3.63) is 0 Å². The van der Waals surface area contributed by atoms with Gasteiger partial charge in [-0.1, -0.05) is 20.8 Å². The molecule has 2 aliphatic heterocycles. The van der Waals surface area contributed by atoms with E-state index in [0.29, 0.717) is 12.1 Å². The van der Waals surface area contributed by atoms with Gasteiger partial charge in [0.2, 0.25) is 0 Å². The summed E-state index contributed by atoms with van der Waals surface area (Å²) in [4.78, 5) is 10.7. The van der Waals surface area contributed by atoms with Gasteiger partial charge in [0.05, 0.1) is 6.61 Å². The van der Waals surface area contributed by atoms with Crippen LogP contribution >= 0.6 is 0 Å². The minimum atomic E-state index is 0.252. The molecule has 0 aromatic carbocycles. The van der Waals surface area contributed by atoms with Crippen molar-refractivity contribution in [3.8, 4) is 0 Å². The van der Waals surface area contributed by atoms with Crippen LogP contribution in [0.25, 0.3) is 0 Å². The summed E-state index contributed by atoms with van der Waals surface area (Å²) in [6.45, 7) is 23.1. The molecule has 2 fully saturated rings. The van der Waals surface area contributed by atoms with E-state index in [0.717, 1.165) is 32.8 Å². The predicted octanol–water partition coefficient (Wildman–Crippen LogP) is 1.44. The fraction of sp³-hybridized carbons (Fsp3) is 1.00. The zero-order valence-electron chi connectivity index (χ0n) is 16.9. The lowest BCUT2D eigenvalue weighted by atomic mass is 9.89. The second-order valence-corrected chi connectivity index (χ2v) is 7.98. The zero-order valence-corrected chi connectivity index (χ0v) is 16.9. The van der Waals surface area contributed by atoms with Gasteiger partial charge in [-0.25, -0.2) is 0 Å². The van der Waals surface area contributed by atoms with Gasteiger partial charge < -0.3 is 9.64 Å². The SMILES string of the molecule is CCN1CC(C2CN(CCOC)CCN2CC)N(CC)C(C)(C)C1. The number of nitrogens with zero attached hydrogens (tertiary/aromatic N) is 4. The van der Waals surface area contributed by atoms with Crippen LogP contribution in [0.4, 0.5) is 0 Å². The standard InChI is InChI=1S/C19H40N4O/c1-7-20-15-18(23(9-3)19(4,5)16-20)17-14-21(12-13-24-6)10-11-22(17)8-2/h17-18H,7-16H2,1-6H3. The summed E-state index contributed by atoms with van der Waals surface area (Å²) in [5.74, 6) is 0. The van der Waals surface area contributed by atoms with Crippen molar-refractivity contribution in [2.75, 3.05) is 72.6 Å². The molecule has 142 valence electrons. The molecule has 2 heterocycles. The molecule has 2 atom stereocenters. The first-order chi connectivity index (χ1) is 11.5. The molecule has 5 nitrogen and oxygen atoms in total. The van der Waals surface area contributed by atoms with E-state index in [-0.39, 0.29) is 5.54 Å². The van der Waals surface area contributed by atoms with E-state index < -0.39 is 0 Å². The molecule has 0 bridgehead atoms. The summed E-state index contributed by atoms with van der Waals surface area (Å²) in [6.07, 6.45) is 0. The summed E-state index contributed by atoms with van der Waals surface area (Å²) < 4.78 is 5.31. The highest BCUT2D eigenvalue weighted by molar-refractivity contribution is 5.02. The summed E-state index contributed by atoms with van der Waals surface area (Å²) in [5.41, 5.74) is 0.252. The molecule has 2 unspecified atom stereocenters. The second kappa shape index (κ2) is 8.95. The van der Waals surface area contributed by atoms with Crippen molar-refractivity contribution in [3.63, 3.8) is 0 Å². The highest BCUT2D eigenvalue weighted by atomic mass is 16.5. The number of hydrogen-bond donors (Lipinski definition) is 0. The number of likely N-dealkylation sites (N-methyl/N-ethyl adjacent to an activating group) is 3. The van der Waals surface area contributed by atoms with Gasteiger partial charge in [-0.15, -0.1) is 0 Å². The smallest absolute Gasteiger partial charge is 0.0589 e. The van der Waals surface area contributed by atoms with Crippen LogP contribution in [0.3, 0.4) is 0 Å². The lowest BCUT2D eigenvalue weighted by Crippen LogP contribution is -2.71. The molecule has 0 N–H and O–H groups in total. The highest BCUT2D eigenvalue weighted by Gasteiger charge is 2.44. The molecule has 0 aromatic heterocycles. The third-order valence-electron chi connectivity index (χ3n) is 6.10. The monoisotopic (exact) mass is 340 g/mol.